The molecule has 0 aliphatic carbocycles. The summed E-state index contributed by atoms with van der Waals surface area (Å²) in [5, 5.41) is 9.04. The predicted molar refractivity (Wildman–Crippen MR) is 75.7 cm³/mol. The van der Waals surface area contributed by atoms with E-state index in [1.165, 1.54) is 12.1 Å². The molecule has 0 amide bonds. The van der Waals surface area contributed by atoms with Crippen molar-refractivity contribution in [1.29, 1.82) is 0 Å². The molecule has 1 aromatic carbocycles. The van der Waals surface area contributed by atoms with Crippen LogP contribution in [0.25, 0.3) is 0 Å². The van der Waals surface area contributed by atoms with Gasteiger partial charge >= 0.3 is 5.97 Å². The zero-order valence-electron chi connectivity index (χ0n) is 10.2. The van der Waals surface area contributed by atoms with E-state index < -0.39 is 28.0 Å². The van der Waals surface area contributed by atoms with Crippen LogP contribution >= 0.6 is 27.5 Å². The summed E-state index contributed by atoms with van der Waals surface area (Å²) < 4.78 is 27.0. The molecule has 1 aromatic rings. The molecule has 0 heterocycles. The number of sulfonamides is 1. The first-order valence-corrected chi connectivity index (χ1v) is 8.00. The molecule has 1 unspecified atom stereocenters. The van der Waals surface area contributed by atoms with E-state index in [0.717, 1.165) is 0 Å². The van der Waals surface area contributed by atoms with Gasteiger partial charge in [-0.2, -0.15) is 4.72 Å². The van der Waals surface area contributed by atoms with Crippen LogP contribution < -0.4 is 4.72 Å². The fourth-order valence-electron chi connectivity index (χ4n) is 1.39. The van der Waals surface area contributed by atoms with Gasteiger partial charge in [-0.3, -0.25) is 4.79 Å². The van der Waals surface area contributed by atoms with Gasteiger partial charge in [0.05, 0.1) is 5.02 Å². The number of hydrogen-bond donors (Lipinski definition) is 2. The molecule has 0 bridgehead atoms. The maximum Gasteiger partial charge on any atom is 0.322 e. The lowest BCUT2D eigenvalue weighted by Crippen LogP contribution is -2.44. The Kier molecular flexibility index (Phi) is 5.37. The van der Waals surface area contributed by atoms with Gasteiger partial charge in [-0.15, -0.1) is 0 Å². The second kappa shape index (κ2) is 6.21. The van der Waals surface area contributed by atoms with Crippen LogP contribution in [0.2, 0.25) is 5.02 Å². The van der Waals surface area contributed by atoms with Gasteiger partial charge in [0.2, 0.25) is 10.0 Å². The minimum absolute atomic E-state index is 0.0311. The summed E-state index contributed by atoms with van der Waals surface area (Å²) in [4.78, 5) is 10.9. The summed E-state index contributed by atoms with van der Waals surface area (Å²) in [6.45, 7) is 3.23. The van der Waals surface area contributed by atoms with Crippen molar-refractivity contribution in [3.63, 3.8) is 0 Å². The zero-order valence-corrected chi connectivity index (χ0v) is 13.4. The van der Waals surface area contributed by atoms with Crippen LogP contribution in [0.4, 0.5) is 0 Å². The Labute approximate surface area is 125 Å². The molecule has 1 atom stereocenters. The summed E-state index contributed by atoms with van der Waals surface area (Å²) >= 11 is 8.98. The van der Waals surface area contributed by atoms with E-state index in [4.69, 9.17) is 16.7 Å². The molecular weight excluding hydrogens is 358 g/mol. The number of halogens is 2. The molecule has 19 heavy (non-hydrogen) atoms. The number of benzene rings is 1. The van der Waals surface area contributed by atoms with Crippen LogP contribution in [-0.2, 0) is 14.8 Å². The third-order valence-corrected chi connectivity index (χ3v) is 4.81. The number of carbonyl (C=O) groups is 1. The summed E-state index contributed by atoms with van der Waals surface area (Å²) in [7, 11) is -4.00. The molecular formula is C11H13BrClNO4S. The van der Waals surface area contributed by atoms with Crippen molar-refractivity contribution in [2.24, 2.45) is 5.92 Å². The van der Waals surface area contributed by atoms with Gasteiger partial charge in [0, 0.05) is 4.47 Å². The molecule has 8 heteroatoms. The Morgan fingerprint density at radius 1 is 1.42 bits per heavy atom. The number of rotatable bonds is 5. The molecule has 0 radical (unpaired) electrons. The normalized spacial score (nSPS) is 13.5. The Morgan fingerprint density at radius 2 is 2.00 bits per heavy atom. The molecule has 1 rings (SSSR count). The molecule has 2 N–H and O–H groups in total. The second-order valence-electron chi connectivity index (χ2n) is 4.26. The number of hydrogen-bond acceptors (Lipinski definition) is 3. The van der Waals surface area contributed by atoms with E-state index in [0.29, 0.717) is 4.47 Å². The first-order chi connectivity index (χ1) is 8.65. The van der Waals surface area contributed by atoms with Crippen molar-refractivity contribution in [2.75, 3.05) is 0 Å². The highest BCUT2D eigenvalue weighted by Crippen LogP contribution is 2.25. The first-order valence-electron chi connectivity index (χ1n) is 5.35. The lowest BCUT2D eigenvalue weighted by atomic mass is 10.1. The molecule has 0 aliphatic rings. The van der Waals surface area contributed by atoms with Crippen LogP contribution in [0.3, 0.4) is 0 Å². The second-order valence-corrected chi connectivity index (χ2v) is 7.26. The Balaban J connectivity index is 3.17. The fourth-order valence-corrected chi connectivity index (χ4v) is 3.76. The molecule has 0 saturated carbocycles. The van der Waals surface area contributed by atoms with Gasteiger partial charge in [0.15, 0.2) is 0 Å². The van der Waals surface area contributed by atoms with Gasteiger partial charge in [-0.1, -0.05) is 41.4 Å². The third kappa shape index (κ3) is 4.17. The Morgan fingerprint density at radius 3 is 2.47 bits per heavy atom. The standard InChI is InChI=1S/C11H13BrClNO4S/c1-6(2)10(11(15)16)14-19(17,18)9-5-7(12)3-4-8(9)13/h3-6,10,14H,1-2H3,(H,15,16). The summed E-state index contributed by atoms with van der Waals surface area (Å²) in [6, 6.07) is 3.13. The predicted octanol–water partition coefficient (Wildman–Crippen LogP) is 2.49. The summed E-state index contributed by atoms with van der Waals surface area (Å²) in [5.74, 6) is -1.62. The van der Waals surface area contributed by atoms with Gasteiger partial charge in [-0.25, -0.2) is 8.42 Å². The van der Waals surface area contributed by atoms with Crippen molar-refractivity contribution < 1.29 is 18.3 Å². The largest absolute Gasteiger partial charge is 0.480 e. The van der Waals surface area contributed by atoms with Gasteiger partial charge in [-0.05, 0) is 24.1 Å². The van der Waals surface area contributed by atoms with Crippen LogP contribution in [0, 0.1) is 5.92 Å². The van der Waals surface area contributed by atoms with Gasteiger partial charge in [0.25, 0.3) is 0 Å². The van der Waals surface area contributed by atoms with E-state index in [1.807, 2.05) is 0 Å². The van der Waals surface area contributed by atoms with Crippen LogP contribution in [-0.4, -0.2) is 25.5 Å². The number of carboxylic acid groups (broad SMARTS) is 1. The highest BCUT2D eigenvalue weighted by molar-refractivity contribution is 9.10. The molecule has 0 saturated heterocycles. The Hall–Kier alpha value is -0.630. The first kappa shape index (κ1) is 16.4. The van der Waals surface area contributed by atoms with E-state index in [9.17, 15) is 13.2 Å². The smallest absolute Gasteiger partial charge is 0.322 e. The molecule has 106 valence electrons. The maximum absolute atomic E-state index is 12.1. The summed E-state index contributed by atoms with van der Waals surface area (Å²) in [5.41, 5.74) is 0. The highest BCUT2D eigenvalue weighted by atomic mass is 79.9. The monoisotopic (exact) mass is 369 g/mol. The molecule has 0 aromatic heterocycles. The van der Waals surface area contributed by atoms with Crippen molar-refractivity contribution in [3.8, 4) is 0 Å². The minimum Gasteiger partial charge on any atom is -0.480 e. The zero-order chi connectivity index (χ0) is 14.8. The fraction of sp³-hybridized carbons (Fsp3) is 0.364. The van der Waals surface area contributed by atoms with Crippen LogP contribution in [0.15, 0.2) is 27.6 Å². The van der Waals surface area contributed by atoms with Crippen molar-refractivity contribution in [2.45, 2.75) is 24.8 Å². The van der Waals surface area contributed by atoms with Crippen molar-refractivity contribution >= 4 is 43.5 Å². The minimum atomic E-state index is -4.00. The number of carboxylic acids is 1. The molecule has 0 fully saturated rings. The topological polar surface area (TPSA) is 83.5 Å². The van der Waals surface area contributed by atoms with Crippen molar-refractivity contribution in [3.05, 3.63) is 27.7 Å². The average Bonchev–Trinajstić information content (AvgIpc) is 2.28. The van der Waals surface area contributed by atoms with E-state index >= 15 is 0 Å². The highest BCUT2D eigenvalue weighted by Gasteiger charge is 2.29. The molecule has 0 spiro atoms. The number of aliphatic carboxylic acids is 1. The third-order valence-electron chi connectivity index (χ3n) is 2.40. The Bertz CT molecular complexity index is 588. The van der Waals surface area contributed by atoms with Crippen LogP contribution in [0.5, 0.6) is 0 Å². The SMILES string of the molecule is CC(C)C(NS(=O)(=O)c1cc(Br)ccc1Cl)C(=O)O. The molecule has 0 aliphatic heterocycles. The lowest BCUT2D eigenvalue weighted by Gasteiger charge is -2.18. The van der Waals surface area contributed by atoms with Gasteiger partial charge in [0.1, 0.15) is 10.9 Å². The quantitative estimate of drug-likeness (QED) is 0.834. The van der Waals surface area contributed by atoms with E-state index in [2.05, 4.69) is 20.7 Å². The maximum atomic E-state index is 12.1. The van der Waals surface area contributed by atoms with E-state index in [1.54, 1.807) is 19.9 Å². The number of nitrogens with one attached hydrogen (secondary N) is 1. The lowest BCUT2D eigenvalue weighted by molar-refractivity contribution is -0.140. The van der Waals surface area contributed by atoms with Crippen LogP contribution in [0.1, 0.15) is 13.8 Å². The summed E-state index contributed by atoms with van der Waals surface area (Å²) in [6.07, 6.45) is 0. The van der Waals surface area contributed by atoms with E-state index in [-0.39, 0.29) is 9.92 Å². The average molecular weight is 371 g/mol. The molecule has 5 nitrogen and oxygen atoms in total. The van der Waals surface area contributed by atoms with Crippen molar-refractivity contribution in [1.82, 2.24) is 4.72 Å². The van der Waals surface area contributed by atoms with Gasteiger partial charge < -0.3 is 5.11 Å².